The summed E-state index contributed by atoms with van der Waals surface area (Å²) >= 11 is 1.29. The summed E-state index contributed by atoms with van der Waals surface area (Å²) in [5.41, 5.74) is 0.0804. The van der Waals surface area contributed by atoms with Crippen LogP contribution >= 0.6 is 11.8 Å². The number of nitrogens with one attached hydrogen (secondary N) is 1. The molecule has 6 heteroatoms. The second kappa shape index (κ2) is 2.88. The van der Waals surface area contributed by atoms with Gasteiger partial charge in [-0.3, -0.25) is 9.59 Å². The molecule has 1 amide bonds. The fraction of sp³-hybridized carbons (Fsp3) is 0.286. The fourth-order valence-corrected chi connectivity index (χ4v) is 2.08. The third-order valence-electron chi connectivity index (χ3n) is 1.84. The van der Waals surface area contributed by atoms with E-state index in [1.165, 1.54) is 23.0 Å². The Morgan fingerprint density at radius 1 is 1.62 bits per heavy atom. The van der Waals surface area contributed by atoms with E-state index >= 15 is 0 Å². The molecule has 0 aliphatic carbocycles. The highest BCUT2D eigenvalue weighted by molar-refractivity contribution is 8.00. The Hall–Kier alpha value is -1.30. The monoisotopic (exact) mass is 197 g/mol. The van der Waals surface area contributed by atoms with Gasteiger partial charge >= 0.3 is 0 Å². The van der Waals surface area contributed by atoms with E-state index in [0.717, 1.165) is 0 Å². The molecule has 0 saturated carbocycles. The summed E-state index contributed by atoms with van der Waals surface area (Å²) in [5, 5.41) is 0.617. The zero-order chi connectivity index (χ0) is 9.42. The Bertz CT molecular complexity index is 414. The first kappa shape index (κ1) is 8.31. The van der Waals surface area contributed by atoms with Crippen molar-refractivity contribution in [1.29, 1.82) is 0 Å². The second-order valence-electron chi connectivity index (χ2n) is 2.63. The zero-order valence-corrected chi connectivity index (χ0v) is 7.72. The van der Waals surface area contributed by atoms with E-state index in [1.54, 1.807) is 7.05 Å². The largest absolute Gasteiger partial charge is 0.311 e. The molecule has 0 radical (unpaired) electrons. The highest BCUT2D eigenvalue weighted by Gasteiger charge is 2.24. The number of aromatic nitrogens is 2. The van der Waals surface area contributed by atoms with Crippen LogP contribution in [0.3, 0.4) is 0 Å². The molecule has 68 valence electrons. The molecule has 13 heavy (non-hydrogen) atoms. The Morgan fingerprint density at radius 2 is 2.38 bits per heavy atom. The van der Waals surface area contributed by atoms with Gasteiger partial charge in [-0.15, -0.1) is 0 Å². The van der Waals surface area contributed by atoms with Crippen molar-refractivity contribution in [2.45, 2.75) is 5.03 Å². The van der Waals surface area contributed by atoms with Crippen LogP contribution in [0.15, 0.2) is 16.1 Å². The average molecular weight is 197 g/mol. The van der Waals surface area contributed by atoms with E-state index in [4.69, 9.17) is 0 Å². The molecule has 0 fully saturated rings. The van der Waals surface area contributed by atoms with E-state index in [1.807, 2.05) is 0 Å². The summed E-state index contributed by atoms with van der Waals surface area (Å²) in [7, 11) is 1.58. The van der Waals surface area contributed by atoms with Crippen molar-refractivity contribution in [3.8, 4) is 0 Å². The minimum Gasteiger partial charge on any atom is -0.311 e. The van der Waals surface area contributed by atoms with Gasteiger partial charge in [-0.05, 0) is 0 Å². The van der Waals surface area contributed by atoms with E-state index < -0.39 is 0 Å². The van der Waals surface area contributed by atoms with Gasteiger partial charge in [0.2, 0.25) is 5.91 Å². The highest BCUT2D eigenvalue weighted by atomic mass is 32.2. The number of thioether (sulfide) groups is 1. The first-order chi connectivity index (χ1) is 6.20. The molecule has 0 atom stereocenters. The summed E-state index contributed by atoms with van der Waals surface area (Å²) in [4.78, 5) is 30.3. The van der Waals surface area contributed by atoms with Gasteiger partial charge in [0.05, 0.1) is 12.1 Å². The molecule has 1 aromatic heterocycles. The van der Waals surface area contributed by atoms with Gasteiger partial charge in [0, 0.05) is 7.05 Å². The number of amides is 1. The minimum absolute atomic E-state index is 0.0731. The lowest BCUT2D eigenvalue weighted by Gasteiger charge is -2.22. The first-order valence-electron chi connectivity index (χ1n) is 3.67. The molecule has 0 bridgehead atoms. The van der Waals surface area contributed by atoms with E-state index in [-0.39, 0.29) is 11.5 Å². The lowest BCUT2D eigenvalue weighted by atomic mass is 10.4. The molecule has 1 aliphatic heterocycles. The molecule has 2 rings (SSSR count). The van der Waals surface area contributed by atoms with Gasteiger partial charge in [-0.25, -0.2) is 4.98 Å². The van der Waals surface area contributed by atoms with Crippen molar-refractivity contribution < 1.29 is 4.79 Å². The van der Waals surface area contributed by atoms with E-state index in [0.29, 0.717) is 16.5 Å². The molecule has 0 unspecified atom stereocenters. The maximum absolute atomic E-state index is 11.3. The Kier molecular flexibility index (Phi) is 1.84. The van der Waals surface area contributed by atoms with Crippen molar-refractivity contribution in [3.63, 3.8) is 0 Å². The van der Waals surface area contributed by atoms with Gasteiger partial charge < -0.3 is 9.88 Å². The fourth-order valence-electron chi connectivity index (χ4n) is 1.13. The molecule has 1 aliphatic rings. The quantitative estimate of drug-likeness (QED) is 0.587. The smallest absolute Gasteiger partial charge is 0.275 e. The van der Waals surface area contributed by atoms with Gasteiger partial charge in [-0.1, -0.05) is 11.8 Å². The number of nitrogens with zero attached hydrogens (tertiary/aromatic N) is 2. The minimum atomic E-state index is -0.270. The Balaban J connectivity index is 2.64. The summed E-state index contributed by atoms with van der Waals surface area (Å²) in [5.74, 6) is 0.274. The Labute approximate surface area is 78.2 Å². The normalized spacial score (nSPS) is 15.8. The number of hydrogen-bond donors (Lipinski definition) is 1. The maximum Gasteiger partial charge on any atom is 0.275 e. The topological polar surface area (TPSA) is 66.1 Å². The van der Waals surface area contributed by atoms with Crippen molar-refractivity contribution in [3.05, 3.63) is 16.7 Å². The predicted molar refractivity (Wildman–Crippen MR) is 49.0 cm³/mol. The lowest BCUT2D eigenvalue weighted by molar-refractivity contribution is -0.116. The summed E-state index contributed by atoms with van der Waals surface area (Å²) in [6.07, 6.45) is 1.35. The number of H-pyrrole nitrogens is 1. The number of aromatic amines is 1. The predicted octanol–water partition coefficient (Wildman–Crippen LogP) is -0.162. The van der Waals surface area contributed by atoms with Crippen LogP contribution in [0.5, 0.6) is 0 Å². The van der Waals surface area contributed by atoms with Crippen LogP contribution in [0.1, 0.15) is 0 Å². The third-order valence-corrected chi connectivity index (χ3v) is 2.80. The molecular weight excluding hydrogens is 190 g/mol. The summed E-state index contributed by atoms with van der Waals surface area (Å²) < 4.78 is 0. The second-order valence-corrected chi connectivity index (χ2v) is 3.59. The van der Waals surface area contributed by atoms with Crippen LogP contribution in [0.2, 0.25) is 0 Å². The number of rotatable bonds is 0. The zero-order valence-electron chi connectivity index (χ0n) is 6.90. The van der Waals surface area contributed by atoms with Gasteiger partial charge in [0.25, 0.3) is 5.56 Å². The number of anilines is 1. The van der Waals surface area contributed by atoms with Crippen molar-refractivity contribution in [1.82, 2.24) is 9.97 Å². The number of fused-ring (bicyclic) bond motifs is 1. The summed E-state index contributed by atoms with van der Waals surface area (Å²) in [6.45, 7) is 0. The SMILES string of the molecule is CN1C(=O)CSc2nc[nH]c(=O)c21. The van der Waals surface area contributed by atoms with Crippen LogP contribution in [0.25, 0.3) is 0 Å². The van der Waals surface area contributed by atoms with Crippen molar-refractivity contribution in [2.75, 3.05) is 17.7 Å². The van der Waals surface area contributed by atoms with Gasteiger partial charge in [0.1, 0.15) is 10.7 Å². The van der Waals surface area contributed by atoms with Crippen molar-refractivity contribution in [2.24, 2.45) is 0 Å². The highest BCUT2D eigenvalue weighted by Crippen LogP contribution is 2.28. The Morgan fingerprint density at radius 3 is 3.15 bits per heavy atom. The van der Waals surface area contributed by atoms with Gasteiger partial charge in [0.15, 0.2) is 0 Å². The molecule has 1 aromatic rings. The molecule has 0 spiro atoms. The van der Waals surface area contributed by atoms with Crippen LogP contribution in [0, 0.1) is 0 Å². The van der Waals surface area contributed by atoms with Crippen molar-refractivity contribution >= 4 is 23.4 Å². The van der Waals surface area contributed by atoms with Crippen LogP contribution in [0.4, 0.5) is 5.69 Å². The molecule has 2 heterocycles. The maximum atomic E-state index is 11.3. The molecular formula is C7H7N3O2S. The van der Waals surface area contributed by atoms with Crippen LogP contribution < -0.4 is 10.5 Å². The van der Waals surface area contributed by atoms with Crippen LogP contribution in [-0.4, -0.2) is 28.7 Å². The average Bonchev–Trinajstić information content (AvgIpc) is 2.12. The molecule has 1 N–H and O–H groups in total. The van der Waals surface area contributed by atoms with E-state index in [2.05, 4.69) is 9.97 Å². The lowest BCUT2D eigenvalue weighted by Crippen LogP contribution is -2.36. The van der Waals surface area contributed by atoms with Crippen LogP contribution in [-0.2, 0) is 4.79 Å². The first-order valence-corrected chi connectivity index (χ1v) is 4.66. The standard InChI is InChI=1S/C7H7N3O2S/c1-10-4(11)2-13-7-5(10)6(12)8-3-9-7/h3H,2H2,1H3,(H,8,9,12). The molecule has 0 saturated heterocycles. The number of hydrogen-bond acceptors (Lipinski definition) is 4. The number of carbonyl (C=O) groups is 1. The van der Waals surface area contributed by atoms with Gasteiger partial charge in [-0.2, -0.15) is 0 Å². The summed E-state index contributed by atoms with van der Waals surface area (Å²) in [6, 6.07) is 0. The number of carbonyl (C=O) groups excluding carboxylic acids is 1. The third kappa shape index (κ3) is 1.23. The molecule has 0 aromatic carbocycles. The van der Waals surface area contributed by atoms with E-state index in [9.17, 15) is 9.59 Å². The molecule has 5 nitrogen and oxygen atoms in total.